The summed E-state index contributed by atoms with van der Waals surface area (Å²) in [7, 11) is 0. The maximum absolute atomic E-state index is 12.5. The number of ether oxygens (including phenoxy) is 1. The van der Waals surface area contributed by atoms with Gasteiger partial charge in [-0.1, -0.05) is 0 Å². The van der Waals surface area contributed by atoms with E-state index < -0.39 is 12.2 Å². The van der Waals surface area contributed by atoms with Crippen LogP contribution in [0.25, 0.3) is 0 Å². The van der Waals surface area contributed by atoms with Crippen LogP contribution >= 0.6 is 0 Å². The summed E-state index contributed by atoms with van der Waals surface area (Å²) < 4.78 is 42.8. The third-order valence-corrected chi connectivity index (χ3v) is 3.89. The van der Waals surface area contributed by atoms with E-state index in [9.17, 15) is 18.0 Å². The van der Waals surface area contributed by atoms with Crippen molar-refractivity contribution >= 4 is 5.91 Å². The highest BCUT2D eigenvalue weighted by Crippen LogP contribution is 2.26. The van der Waals surface area contributed by atoms with Gasteiger partial charge in [0.1, 0.15) is 6.04 Å². The lowest BCUT2D eigenvalue weighted by Gasteiger charge is -2.31. The second kappa shape index (κ2) is 6.76. The molecule has 3 atom stereocenters. The Morgan fingerprint density at radius 3 is 2.65 bits per heavy atom. The number of alkyl halides is 3. The number of piperidine rings is 1. The molecule has 2 saturated heterocycles. The first kappa shape index (κ1) is 15.6. The molecular weight excluding hydrogens is 273 g/mol. The topological polar surface area (TPSA) is 50.4 Å². The SMILES string of the molecule is O=C(CCC1CCCO1)NC1CCC(C(F)(F)F)NC1. The van der Waals surface area contributed by atoms with Crippen LogP contribution in [0.4, 0.5) is 13.2 Å². The van der Waals surface area contributed by atoms with Crippen molar-refractivity contribution in [2.75, 3.05) is 13.2 Å². The van der Waals surface area contributed by atoms with Crippen LogP contribution in [-0.2, 0) is 9.53 Å². The van der Waals surface area contributed by atoms with E-state index in [2.05, 4.69) is 10.6 Å². The molecule has 0 aromatic carbocycles. The van der Waals surface area contributed by atoms with Crippen LogP contribution in [-0.4, -0.2) is 43.4 Å². The van der Waals surface area contributed by atoms with Gasteiger partial charge in [-0.3, -0.25) is 4.79 Å². The first-order valence-corrected chi connectivity index (χ1v) is 7.16. The van der Waals surface area contributed by atoms with E-state index >= 15 is 0 Å². The smallest absolute Gasteiger partial charge is 0.378 e. The molecule has 2 fully saturated rings. The molecule has 4 nitrogen and oxygen atoms in total. The number of hydrogen-bond acceptors (Lipinski definition) is 3. The minimum absolute atomic E-state index is 0.0141. The highest BCUT2D eigenvalue weighted by Gasteiger charge is 2.41. The van der Waals surface area contributed by atoms with Crippen molar-refractivity contribution in [2.24, 2.45) is 0 Å². The van der Waals surface area contributed by atoms with Gasteiger partial charge in [-0.05, 0) is 32.1 Å². The van der Waals surface area contributed by atoms with Gasteiger partial charge in [-0.15, -0.1) is 0 Å². The van der Waals surface area contributed by atoms with Gasteiger partial charge in [0.2, 0.25) is 5.91 Å². The molecule has 2 heterocycles. The molecular formula is C13H21F3N2O2. The number of nitrogens with one attached hydrogen (secondary N) is 2. The Morgan fingerprint density at radius 2 is 2.10 bits per heavy atom. The molecule has 2 aliphatic rings. The molecule has 2 rings (SSSR count). The number of carbonyl (C=O) groups is 1. The molecule has 20 heavy (non-hydrogen) atoms. The minimum atomic E-state index is -4.20. The van der Waals surface area contributed by atoms with Gasteiger partial charge >= 0.3 is 6.18 Å². The summed E-state index contributed by atoms with van der Waals surface area (Å²) in [4.78, 5) is 11.7. The van der Waals surface area contributed by atoms with Crippen molar-refractivity contribution < 1.29 is 22.7 Å². The molecule has 0 aromatic heterocycles. The third kappa shape index (κ3) is 4.63. The predicted octanol–water partition coefficient (Wildman–Crippen LogP) is 1.74. The van der Waals surface area contributed by atoms with E-state index in [1.54, 1.807) is 0 Å². The highest BCUT2D eigenvalue weighted by atomic mass is 19.4. The molecule has 116 valence electrons. The fourth-order valence-corrected chi connectivity index (χ4v) is 2.72. The second-order valence-electron chi connectivity index (χ2n) is 5.52. The zero-order chi connectivity index (χ0) is 14.6. The molecule has 1 amide bonds. The highest BCUT2D eigenvalue weighted by molar-refractivity contribution is 5.76. The van der Waals surface area contributed by atoms with Crippen LogP contribution < -0.4 is 10.6 Å². The Hall–Kier alpha value is -0.820. The zero-order valence-electron chi connectivity index (χ0n) is 11.3. The van der Waals surface area contributed by atoms with Crippen molar-refractivity contribution in [2.45, 2.75) is 62.9 Å². The third-order valence-electron chi connectivity index (χ3n) is 3.89. The summed E-state index contributed by atoms with van der Waals surface area (Å²) in [6, 6.07) is -1.65. The first-order chi connectivity index (χ1) is 9.45. The molecule has 0 aliphatic carbocycles. The van der Waals surface area contributed by atoms with E-state index in [4.69, 9.17) is 4.74 Å². The van der Waals surface area contributed by atoms with Gasteiger partial charge < -0.3 is 15.4 Å². The van der Waals surface area contributed by atoms with Crippen LogP contribution in [0.2, 0.25) is 0 Å². The lowest BCUT2D eigenvalue weighted by Crippen LogP contribution is -2.54. The molecule has 0 spiro atoms. The Balaban J connectivity index is 1.63. The molecule has 0 saturated carbocycles. The summed E-state index contributed by atoms with van der Waals surface area (Å²) in [5.41, 5.74) is 0. The Morgan fingerprint density at radius 1 is 1.30 bits per heavy atom. The average molecular weight is 294 g/mol. The molecule has 0 aromatic rings. The van der Waals surface area contributed by atoms with E-state index in [0.717, 1.165) is 19.4 Å². The normalized spacial score (nSPS) is 31.2. The molecule has 3 unspecified atom stereocenters. The summed E-state index contributed by atoms with van der Waals surface area (Å²) in [5.74, 6) is -0.0993. The monoisotopic (exact) mass is 294 g/mol. The zero-order valence-corrected chi connectivity index (χ0v) is 11.3. The minimum Gasteiger partial charge on any atom is -0.378 e. The van der Waals surface area contributed by atoms with Gasteiger partial charge in [0.15, 0.2) is 0 Å². The van der Waals surface area contributed by atoms with Crippen LogP contribution in [0.5, 0.6) is 0 Å². The second-order valence-corrected chi connectivity index (χ2v) is 5.52. The fraction of sp³-hybridized carbons (Fsp3) is 0.923. The average Bonchev–Trinajstić information content (AvgIpc) is 2.89. The molecule has 2 N–H and O–H groups in total. The molecule has 7 heteroatoms. The fourth-order valence-electron chi connectivity index (χ4n) is 2.72. The predicted molar refractivity (Wildman–Crippen MR) is 67.2 cm³/mol. The number of halogens is 3. The van der Waals surface area contributed by atoms with E-state index in [0.29, 0.717) is 19.3 Å². The van der Waals surface area contributed by atoms with Gasteiger partial charge in [-0.25, -0.2) is 0 Å². The largest absolute Gasteiger partial charge is 0.403 e. The van der Waals surface area contributed by atoms with Crippen LogP contribution in [0.1, 0.15) is 38.5 Å². The summed E-state index contributed by atoms with van der Waals surface area (Å²) in [6.07, 6.45) is -0.554. The van der Waals surface area contributed by atoms with Crippen molar-refractivity contribution in [3.8, 4) is 0 Å². The quantitative estimate of drug-likeness (QED) is 0.830. The number of carbonyl (C=O) groups excluding carboxylic acids is 1. The van der Waals surface area contributed by atoms with E-state index in [1.165, 1.54) is 0 Å². The molecule has 0 radical (unpaired) electrons. The summed E-state index contributed by atoms with van der Waals surface area (Å²) in [5, 5.41) is 5.24. The van der Waals surface area contributed by atoms with Gasteiger partial charge in [-0.2, -0.15) is 13.2 Å². The van der Waals surface area contributed by atoms with Crippen LogP contribution in [0.15, 0.2) is 0 Å². The maximum Gasteiger partial charge on any atom is 0.403 e. The van der Waals surface area contributed by atoms with E-state index in [-0.39, 0.29) is 31.0 Å². The van der Waals surface area contributed by atoms with Gasteiger partial charge in [0.25, 0.3) is 0 Å². The number of hydrogen-bond donors (Lipinski definition) is 2. The first-order valence-electron chi connectivity index (χ1n) is 7.16. The van der Waals surface area contributed by atoms with Crippen LogP contribution in [0.3, 0.4) is 0 Å². The van der Waals surface area contributed by atoms with Crippen LogP contribution in [0, 0.1) is 0 Å². The summed E-state index contributed by atoms with van der Waals surface area (Å²) >= 11 is 0. The number of rotatable bonds is 4. The summed E-state index contributed by atoms with van der Waals surface area (Å²) in [6.45, 7) is 0.938. The number of amides is 1. The van der Waals surface area contributed by atoms with Crippen molar-refractivity contribution in [3.63, 3.8) is 0 Å². The Labute approximate surface area is 116 Å². The molecule has 0 bridgehead atoms. The van der Waals surface area contributed by atoms with Crippen molar-refractivity contribution in [1.82, 2.24) is 10.6 Å². The Bertz CT molecular complexity index is 322. The molecule has 2 aliphatic heterocycles. The van der Waals surface area contributed by atoms with Gasteiger partial charge in [0.05, 0.1) is 6.10 Å². The lowest BCUT2D eigenvalue weighted by atomic mass is 10.00. The standard InChI is InChI=1S/C13H21F3N2O2/c14-13(15,16)11-5-3-9(8-17-11)18-12(19)6-4-10-2-1-7-20-10/h9-11,17H,1-8H2,(H,18,19). The van der Waals surface area contributed by atoms with Crippen molar-refractivity contribution in [3.05, 3.63) is 0 Å². The van der Waals surface area contributed by atoms with Gasteiger partial charge in [0, 0.05) is 25.6 Å². The Kier molecular flexibility index (Phi) is 5.26. The van der Waals surface area contributed by atoms with E-state index in [1.807, 2.05) is 0 Å². The lowest BCUT2D eigenvalue weighted by molar-refractivity contribution is -0.161. The maximum atomic E-state index is 12.5. The van der Waals surface area contributed by atoms with Crippen molar-refractivity contribution in [1.29, 1.82) is 0 Å².